The first-order valence-corrected chi connectivity index (χ1v) is 4.97. The maximum atomic E-state index is 10.9. The van der Waals surface area contributed by atoms with Crippen LogP contribution < -0.4 is 0 Å². The van der Waals surface area contributed by atoms with Gasteiger partial charge in [0.2, 0.25) is 5.91 Å². The van der Waals surface area contributed by atoms with Gasteiger partial charge in [-0.2, -0.15) is 0 Å². The first kappa shape index (κ1) is 15.3. The van der Waals surface area contributed by atoms with Gasteiger partial charge in [0.25, 0.3) is 5.91 Å². The van der Waals surface area contributed by atoms with E-state index >= 15 is 0 Å². The number of rotatable bonds is 0. The molecule has 0 saturated heterocycles. The smallest absolute Gasteiger partial charge is 0.259 e. The quantitative estimate of drug-likeness (QED) is 0.559. The molecule has 0 fully saturated rings. The number of carbonyl (C=O) groups is 2. The molecule has 1 rings (SSSR count). The Kier molecular flexibility index (Phi) is 9.18. The van der Waals surface area contributed by atoms with Crippen molar-refractivity contribution in [3.8, 4) is 0 Å². The third kappa shape index (κ3) is 4.16. The maximum absolute atomic E-state index is 10.9. The summed E-state index contributed by atoms with van der Waals surface area (Å²) in [4.78, 5) is 26.4. The van der Waals surface area contributed by atoms with Gasteiger partial charge < -0.3 is 4.90 Å². The molecule has 1 aliphatic heterocycles. The monoisotopic (exact) mass is 200 g/mol. The van der Waals surface area contributed by atoms with E-state index in [1.807, 2.05) is 27.7 Å². The molecule has 1 heterocycles. The Labute approximate surface area is 86.0 Å². The normalized spacial score (nSPS) is 19.3. The molecule has 1 aliphatic rings. The van der Waals surface area contributed by atoms with Gasteiger partial charge in [-0.15, -0.1) is 0 Å². The van der Waals surface area contributed by atoms with Crippen molar-refractivity contribution in [3.63, 3.8) is 0 Å². The van der Waals surface area contributed by atoms with Crippen LogP contribution in [0.1, 0.15) is 34.6 Å². The molecule has 0 N–H and O–H groups in total. The lowest BCUT2D eigenvalue weighted by molar-refractivity contribution is -0.137. The summed E-state index contributed by atoms with van der Waals surface area (Å²) in [6, 6.07) is 0. The standard InChI is InChI=1S/C6H8N2O2.2C2H6/c1-4-5(9)7-3-8(2)6(4)10;2*1-2/h3-4H,1-2H3;2*1-2H3. The van der Waals surface area contributed by atoms with Crippen LogP contribution >= 0.6 is 0 Å². The average molecular weight is 200 g/mol. The summed E-state index contributed by atoms with van der Waals surface area (Å²) in [7, 11) is 1.58. The molecule has 0 aromatic carbocycles. The summed E-state index contributed by atoms with van der Waals surface area (Å²) < 4.78 is 0. The third-order valence-electron chi connectivity index (χ3n) is 1.45. The lowest BCUT2D eigenvalue weighted by Crippen LogP contribution is -2.38. The van der Waals surface area contributed by atoms with Gasteiger partial charge >= 0.3 is 0 Å². The molecular formula is C10H20N2O2. The van der Waals surface area contributed by atoms with E-state index in [4.69, 9.17) is 0 Å². The van der Waals surface area contributed by atoms with Crippen LogP contribution in [0.3, 0.4) is 0 Å². The zero-order valence-corrected chi connectivity index (χ0v) is 9.87. The van der Waals surface area contributed by atoms with Gasteiger partial charge in [-0.05, 0) is 6.92 Å². The van der Waals surface area contributed by atoms with Crippen molar-refractivity contribution in [2.45, 2.75) is 34.6 Å². The molecule has 0 saturated carbocycles. The van der Waals surface area contributed by atoms with Crippen LogP contribution in [0.15, 0.2) is 4.99 Å². The SMILES string of the molecule is CC.CC.CC1C(=O)N=CN(C)C1=O. The molecule has 0 aliphatic carbocycles. The Balaban J connectivity index is 0. The molecule has 4 heteroatoms. The fourth-order valence-electron chi connectivity index (χ4n) is 0.723. The fraction of sp³-hybridized carbons (Fsp3) is 0.700. The molecule has 0 spiro atoms. The van der Waals surface area contributed by atoms with Crippen LogP contribution in [0.4, 0.5) is 0 Å². The minimum Gasteiger partial charge on any atom is -0.305 e. The molecule has 1 unspecified atom stereocenters. The van der Waals surface area contributed by atoms with Crippen molar-refractivity contribution < 1.29 is 9.59 Å². The number of amides is 2. The third-order valence-corrected chi connectivity index (χ3v) is 1.45. The van der Waals surface area contributed by atoms with E-state index in [1.54, 1.807) is 14.0 Å². The predicted molar refractivity (Wildman–Crippen MR) is 58.1 cm³/mol. The predicted octanol–water partition coefficient (Wildman–Crippen LogP) is 1.70. The maximum Gasteiger partial charge on any atom is 0.259 e. The van der Waals surface area contributed by atoms with E-state index in [0.717, 1.165) is 0 Å². The van der Waals surface area contributed by atoms with E-state index in [-0.39, 0.29) is 11.8 Å². The molecule has 0 aromatic rings. The highest BCUT2D eigenvalue weighted by Gasteiger charge is 2.26. The van der Waals surface area contributed by atoms with Crippen LogP contribution in [-0.2, 0) is 9.59 Å². The molecular weight excluding hydrogens is 180 g/mol. The van der Waals surface area contributed by atoms with Gasteiger partial charge in [-0.1, -0.05) is 27.7 Å². The van der Waals surface area contributed by atoms with E-state index in [2.05, 4.69) is 4.99 Å². The zero-order chi connectivity index (χ0) is 11.7. The van der Waals surface area contributed by atoms with Crippen LogP contribution in [0.5, 0.6) is 0 Å². The summed E-state index contributed by atoms with van der Waals surface area (Å²) in [5.41, 5.74) is 0. The topological polar surface area (TPSA) is 49.7 Å². The highest BCUT2D eigenvalue weighted by Crippen LogP contribution is 2.06. The van der Waals surface area contributed by atoms with Crippen molar-refractivity contribution in [1.82, 2.24) is 4.90 Å². The molecule has 0 aromatic heterocycles. The minimum atomic E-state index is -0.602. The van der Waals surface area contributed by atoms with Gasteiger partial charge in [-0.3, -0.25) is 9.59 Å². The highest BCUT2D eigenvalue weighted by atomic mass is 16.2. The Bertz CT molecular complexity index is 212. The van der Waals surface area contributed by atoms with Gasteiger partial charge in [-0.25, -0.2) is 4.99 Å². The van der Waals surface area contributed by atoms with Gasteiger partial charge in [0, 0.05) is 7.05 Å². The minimum absolute atomic E-state index is 0.194. The van der Waals surface area contributed by atoms with E-state index in [0.29, 0.717) is 0 Å². The second-order valence-corrected chi connectivity index (χ2v) is 2.25. The molecule has 4 nitrogen and oxygen atoms in total. The second kappa shape index (κ2) is 8.41. The van der Waals surface area contributed by atoms with E-state index in [1.165, 1.54) is 11.2 Å². The number of hydrogen-bond acceptors (Lipinski definition) is 2. The molecule has 14 heavy (non-hydrogen) atoms. The molecule has 0 bridgehead atoms. The number of nitrogens with zero attached hydrogens (tertiary/aromatic N) is 2. The number of aliphatic imine (C=N–C) groups is 1. The fourth-order valence-corrected chi connectivity index (χ4v) is 0.723. The van der Waals surface area contributed by atoms with Crippen LogP contribution in [-0.4, -0.2) is 30.1 Å². The van der Waals surface area contributed by atoms with Gasteiger partial charge in [0.15, 0.2) is 0 Å². The first-order valence-electron chi connectivity index (χ1n) is 4.97. The Morgan fingerprint density at radius 2 is 1.64 bits per heavy atom. The number of carbonyl (C=O) groups excluding carboxylic acids is 2. The Morgan fingerprint density at radius 1 is 1.21 bits per heavy atom. The summed E-state index contributed by atoms with van der Waals surface area (Å²) >= 11 is 0. The summed E-state index contributed by atoms with van der Waals surface area (Å²) in [6.07, 6.45) is 1.24. The Morgan fingerprint density at radius 3 is 2.00 bits per heavy atom. The first-order chi connectivity index (χ1) is 6.63. The lowest BCUT2D eigenvalue weighted by atomic mass is 10.1. The van der Waals surface area contributed by atoms with Crippen LogP contribution in [0.25, 0.3) is 0 Å². The van der Waals surface area contributed by atoms with Crippen molar-refractivity contribution in [1.29, 1.82) is 0 Å². The summed E-state index contributed by atoms with van der Waals surface area (Å²) in [5.74, 6) is -1.15. The molecule has 2 amide bonds. The van der Waals surface area contributed by atoms with Gasteiger partial charge in [0.1, 0.15) is 12.3 Å². The molecule has 0 radical (unpaired) electrons. The van der Waals surface area contributed by atoms with Crippen LogP contribution in [0.2, 0.25) is 0 Å². The number of hydrogen-bond donors (Lipinski definition) is 0. The van der Waals surface area contributed by atoms with Crippen molar-refractivity contribution in [2.24, 2.45) is 10.9 Å². The van der Waals surface area contributed by atoms with Crippen molar-refractivity contribution in [2.75, 3.05) is 7.05 Å². The van der Waals surface area contributed by atoms with Gasteiger partial charge in [0.05, 0.1) is 0 Å². The van der Waals surface area contributed by atoms with Crippen LogP contribution in [0, 0.1) is 5.92 Å². The highest BCUT2D eigenvalue weighted by molar-refractivity contribution is 6.09. The Hall–Kier alpha value is -1.19. The summed E-state index contributed by atoms with van der Waals surface area (Å²) in [5, 5.41) is 0. The second-order valence-electron chi connectivity index (χ2n) is 2.25. The lowest BCUT2D eigenvalue weighted by Gasteiger charge is -2.18. The largest absolute Gasteiger partial charge is 0.305 e. The van der Waals surface area contributed by atoms with E-state index < -0.39 is 5.92 Å². The summed E-state index contributed by atoms with van der Waals surface area (Å²) in [6.45, 7) is 9.55. The molecule has 82 valence electrons. The van der Waals surface area contributed by atoms with E-state index in [9.17, 15) is 9.59 Å². The molecule has 1 atom stereocenters. The average Bonchev–Trinajstić information content (AvgIpc) is 2.26. The van der Waals surface area contributed by atoms with Crippen molar-refractivity contribution in [3.05, 3.63) is 0 Å². The van der Waals surface area contributed by atoms with Crippen molar-refractivity contribution >= 4 is 18.2 Å². The zero-order valence-electron chi connectivity index (χ0n) is 9.87.